The summed E-state index contributed by atoms with van der Waals surface area (Å²) in [6, 6.07) is 8.20. The first-order valence-corrected chi connectivity index (χ1v) is 21.3. The predicted octanol–water partition coefficient (Wildman–Crippen LogP) is 7.14. The van der Waals surface area contributed by atoms with Crippen molar-refractivity contribution in [2.45, 2.75) is 76.3 Å². The molecule has 2 atom stereocenters. The van der Waals surface area contributed by atoms with Crippen LogP contribution in [0.1, 0.15) is 85.2 Å². The normalized spacial score (nSPS) is 19.7. The van der Waals surface area contributed by atoms with Crippen molar-refractivity contribution in [3.63, 3.8) is 0 Å². The van der Waals surface area contributed by atoms with Crippen molar-refractivity contribution in [2.24, 2.45) is 0 Å². The molecule has 0 saturated carbocycles. The fourth-order valence-electron chi connectivity index (χ4n) is 9.16. The van der Waals surface area contributed by atoms with E-state index in [2.05, 4.69) is 20.2 Å². The molecule has 2 unspecified atom stereocenters. The summed E-state index contributed by atoms with van der Waals surface area (Å²) in [5.74, 6) is -2.57. The maximum absolute atomic E-state index is 16.3. The zero-order valence-electron chi connectivity index (χ0n) is 33.6. The Morgan fingerprint density at radius 3 is 2.49 bits per heavy atom. The van der Waals surface area contributed by atoms with Gasteiger partial charge in [0, 0.05) is 62.2 Å². The maximum Gasteiger partial charge on any atom is 0.407 e. The number of imide groups is 1. The van der Waals surface area contributed by atoms with Crippen LogP contribution in [-0.4, -0.2) is 112 Å². The van der Waals surface area contributed by atoms with Gasteiger partial charge in [-0.2, -0.15) is 0 Å². The SMILES string of the molecule is O=C1CCC(N2Cc3cc(C4CCCN(CCCCCCCOc5cccc(F)c5-c5c(Cl)cc6c(N7CCN(C(=O)O)CC7)ncnc6c5F)C4)c(F)cc3C2=O)C(=O)N1. The van der Waals surface area contributed by atoms with Crippen molar-refractivity contribution >= 4 is 52.1 Å². The quantitative estimate of drug-likeness (QED) is 0.105. The largest absolute Gasteiger partial charge is 0.493 e. The summed E-state index contributed by atoms with van der Waals surface area (Å²) in [7, 11) is 0. The first-order valence-electron chi connectivity index (χ1n) is 20.9. The minimum Gasteiger partial charge on any atom is -0.493 e. The molecule has 0 aliphatic carbocycles. The summed E-state index contributed by atoms with van der Waals surface area (Å²) >= 11 is 6.68. The number of aromatic nitrogens is 2. The summed E-state index contributed by atoms with van der Waals surface area (Å²) in [5.41, 5.74) is 1.30. The lowest BCUT2D eigenvalue weighted by Gasteiger charge is -2.34. The molecule has 13 nitrogen and oxygen atoms in total. The Morgan fingerprint density at radius 2 is 1.70 bits per heavy atom. The fraction of sp³-hybridized carbons (Fsp3) is 0.455. The van der Waals surface area contributed by atoms with E-state index >= 15 is 13.2 Å². The Hall–Kier alpha value is -5.48. The number of ether oxygens (including phenoxy) is 1. The molecule has 8 rings (SSSR count). The number of unbranched alkanes of at least 4 members (excludes halogenated alkanes) is 4. The average molecular weight is 862 g/mol. The number of likely N-dealkylation sites (tertiary alicyclic amines) is 1. The van der Waals surface area contributed by atoms with Gasteiger partial charge in [0.2, 0.25) is 11.8 Å². The van der Waals surface area contributed by atoms with E-state index in [4.69, 9.17) is 16.3 Å². The Balaban J connectivity index is 0.816. The number of carbonyl (C=O) groups is 4. The van der Waals surface area contributed by atoms with Gasteiger partial charge in [-0.1, -0.05) is 36.9 Å². The van der Waals surface area contributed by atoms with Gasteiger partial charge in [-0.3, -0.25) is 19.7 Å². The van der Waals surface area contributed by atoms with E-state index in [9.17, 15) is 24.3 Å². The molecule has 3 saturated heterocycles. The van der Waals surface area contributed by atoms with Crippen molar-refractivity contribution in [3.05, 3.63) is 81.9 Å². The van der Waals surface area contributed by atoms with Gasteiger partial charge in [0.25, 0.3) is 5.91 Å². The Morgan fingerprint density at radius 1 is 0.918 bits per heavy atom. The molecule has 5 heterocycles. The molecule has 1 aromatic heterocycles. The van der Waals surface area contributed by atoms with Gasteiger partial charge in [0.05, 0.1) is 17.2 Å². The summed E-state index contributed by atoms with van der Waals surface area (Å²) < 4.78 is 53.4. The van der Waals surface area contributed by atoms with E-state index in [1.54, 1.807) is 12.1 Å². The third-order valence-electron chi connectivity index (χ3n) is 12.3. The van der Waals surface area contributed by atoms with Crippen LogP contribution in [0.5, 0.6) is 5.75 Å². The van der Waals surface area contributed by atoms with Crippen molar-refractivity contribution in [3.8, 4) is 16.9 Å². The number of nitrogens with zero attached hydrogens (tertiary/aromatic N) is 6. The van der Waals surface area contributed by atoms with Crippen LogP contribution in [0.25, 0.3) is 22.0 Å². The number of carbonyl (C=O) groups excluding carboxylic acids is 3. The monoisotopic (exact) mass is 861 g/mol. The van der Waals surface area contributed by atoms with Crippen LogP contribution in [0.15, 0.2) is 42.7 Å². The molecule has 4 aliphatic heterocycles. The topological polar surface area (TPSA) is 149 Å². The number of piperidine rings is 2. The van der Waals surface area contributed by atoms with Crippen molar-refractivity contribution in [2.75, 3.05) is 57.3 Å². The van der Waals surface area contributed by atoms with Crippen LogP contribution < -0.4 is 15.0 Å². The summed E-state index contributed by atoms with van der Waals surface area (Å²) in [5, 5.41) is 11.9. The van der Waals surface area contributed by atoms with E-state index in [0.29, 0.717) is 48.4 Å². The van der Waals surface area contributed by atoms with E-state index in [1.165, 1.54) is 40.4 Å². The average Bonchev–Trinajstić information content (AvgIpc) is 3.56. The van der Waals surface area contributed by atoms with E-state index in [1.807, 2.05) is 4.90 Å². The molecule has 0 radical (unpaired) electrons. The highest BCUT2D eigenvalue weighted by Gasteiger charge is 2.40. The number of piperazine rings is 1. The van der Waals surface area contributed by atoms with Crippen LogP contribution in [0, 0.1) is 17.5 Å². The van der Waals surface area contributed by atoms with Crippen molar-refractivity contribution in [1.82, 2.24) is 30.0 Å². The summed E-state index contributed by atoms with van der Waals surface area (Å²) in [6.45, 7) is 4.24. The van der Waals surface area contributed by atoms with Crippen molar-refractivity contribution < 1.29 is 42.2 Å². The van der Waals surface area contributed by atoms with Gasteiger partial charge < -0.3 is 29.4 Å². The second-order valence-electron chi connectivity index (χ2n) is 16.2. The summed E-state index contributed by atoms with van der Waals surface area (Å²) in [6.07, 6.45) is 6.87. The van der Waals surface area contributed by atoms with Gasteiger partial charge in [-0.25, -0.2) is 27.9 Å². The standard InChI is InChI=1S/C44H47ClF3N7O6/c45-31-21-30-40(49-25-50-41(30)53-15-17-54(18-16-53)44(59)60)39(48)37(31)38-32(46)9-6-10-35(38)61-19-5-3-1-2-4-13-52-14-7-8-26(23-52)28-20-27-24-55(43(58)29(27)22-33(28)47)34-11-12-36(56)51-42(34)57/h6,9-10,20-22,25-26,34H,1-5,7-8,11-19,23-24H2,(H,59,60)(H,51,56,57). The van der Waals surface area contributed by atoms with Gasteiger partial charge in [0.1, 0.15) is 41.1 Å². The molecule has 4 aliphatic rings. The highest BCUT2D eigenvalue weighted by atomic mass is 35.5. The molecule has 3 aromatic carbocycles. The Kier molecular flexibility index (Phi) is 12.6. The van der Waals surface area contributed by atoms with Gasteiger partial charge in [-0.05, 0) is 92.6 Å². The van der Waals surface area contributed by atoms with Crippen molar-refractivity contribution in [1.29, 1.82) is 0 Å². The number of rotatable bonds is 13. The van der Waals surface area contributed by atoms with Gasteiger partial charge in [-0.15, -0.1) is 0 Å². The first kappa shape index (κ1) is 42.2. The third-order valence-corrected chi connectivity index (χ3v) is 12.6. The second kappa shape index (κ2) is 18.2. The molecular formula is C44H47ClF3N7O6. The predicted molar refractivity (Wildman–Crippen MR) is 221 cm³/mol. The Bertz CT molecular complexity index is 2360. The highest BCUT2D eigenvalue weighted by molar-refractivity contribution is 6.34. The van der Waals surface area contributed by atoms with E-state index < -0.39 is 35.5 Å². The number of hydrogen-bond acceptors (Lipinski definition) is 9. The lowest BCUT2D eigenvalue weighted by molar-refractivity contribution is -0.136. The summed E-state index contributed by atoms with van der Waals surface area (Å²) in [4.78, 5) is 64.1. The highest BCUT2D eigenvalue weighted by Crippen LogP contribution is 2.43. The molecule has 0 bridgehead atoms. The number of carboxylic acid groups (broad SMARTS) is 1. The smallest absolute Gasteiger partial charge is 0.407 e. The van der Waals surface area contributed by atoms with Crippen LogP contribution in [0.4, 0.5) is 23.8 Å². The molecule has 4 amide bonds. The minimum absolute atomic E-state index is 0.0132. The van der Waals surface area contributed by atoms with E-state index in [0.717, 1.165) is 51.6 Å². The van der Waals surface area contributed by atoms with Crippen LogP contribution in [0.2, 0.25) is 5.02 Å². The number of benzene rings is 3. The minimum atomic E-state index is -1.01. The van der Waals surface area contributed by atoms with Crippen LogP contribution in [-0.2, 0) is 16.1 Å². The van der Waals surface area contributed by atoms with Crippen LogP contribution in [0.3, 0.4) is 0 Å². The van der Waals surface area contributed by atoms with Gasteiger partial charge >= 0.3 is 6.09 Å². The van der Waals surface area contributed by atoms with E-state index in [-0.39, 0.29) is 89.8 Å². The molecule has 61 heavy (non-hydrogen) atoms. The molecule has 0 spiro atoms. The zero-order chi connectivity index (χ0) is 42.8. The molecule has 17 heteroatoms. The Labute approximate surface area is 355 Å². The fourth-order valence-corrected chi connectivity index (χ4v) is 9.44. The molecule has 322 valence electrons. The number of amides is 4. The molecule has 4 aromatic rings. The number of hydrogen-bond donors (Lipinski definition) is 2. The van der Waals surface area contributed by atoms with Gasteiger partial charge in [0.15, 0.2) is 5.82 Å². The lowest BCUT2D eigenvalue weighted by Crippen LogP contribution is -2.52. The molecular weight excluding hydrogens is 815 g/mol. The number of anilines is 1. The third kappa shape index (κ3) is 8.83. The lowest BCUT2D eigenvalue weighted by atomic mass is 9.88. The maximum atomic E-state index is 16.3. The van der Waals surface area contributed by atoms with Crippen LogP contribution >= 0.6 is 11.6 Å². The molecule has 2 N–H and O–H groups in total. The first-order chi connectivity index (χ1) is 29.5. The molecule has 3 fully saturated rings. The second-order valence-corrected chi connectivity index (χ2v) is 16.6. The number of nitrogens with one attached hydrogen (secondary N) is 1. The number of fused-ring (bicyclic) bond motifs is 2. The number of halogens is 4. The zero-order valence-corrected chi connectivity index (χ0v) is 34.4.